The van der Waals surface area contributed by atoms with Crippen LogP contribution in [0.5, 0.6) is 0 Å². The number of furan rings is 1. The highest BCUT2D eigenvalue weighted by Crippen LogP contribution is 2.32. The van der Waals surface area contributed by atoms with Gasteiger partial charge in [0.05, 0.1) is 0 Å². The van der Waals surface area contributed by atoms with Crippen molar-refractivity contribution in [2.24, 2.45) is 0 Å². The predicted octanol–water partition coefficient (Wildman–Crippen LogP) is 5.61. The fourth-order valence-corrected chi connectivity index (χ4v) is 3.01. The van der Waals surface area contributed by atoms with E-state index in [1.54, 1.807) is 0 Å². The number of para-hydroxylation sites is 1. The van der Waals surface area contributed by atoms with Gasteiger partial charge in [0.15, 0.2) is 0 Å². The van der Waals surface area contributed by atoms with Crippen LogP contribution in [0.2, 0.25) is 0 Å². The number of aryl methyl sites for hydroxylation is 1. The van der Waals surface area contributed by atoms with Crippen LogP contribution in [-0.2, 0) is 0 Å². The average Bonchev–Trinajstić information content (AvgIpc) is 3.26. The molecule has 25 heavy (non-hydrogen) atoms. The van der Waals surface area contributed by atoms with Crippen molar-refractivity contribution in [2.45, 2.75) is 6.92 Å². The maximum Gasteiger partial charge on any atom is 0.248 e. The zero-order chi connectivity index (χ0) is 16.8. The summed E-state index contributed by atoms with van der Waals surface area (Å²) in [5.41, 5.74) is 4.64. The number of hydrogen-bond acceptors (Lipinski definition) is 4. The molecule has 2 heterocycles. The minimum atomic E-state index is 0.484. The van der Waals surface area contributed by atoms with E-state index in [0.29, 0.717) is 11.8 Å². The molecule has 0 atom stereocenters. The molecule has 0 saturated carbocycles. The number of fused-ring (bicyclic) bond motifs is 3. The van der Waals surface area contributed by atoms with E-state index in [9.17, 15) is 0 Å². The van der Waals surface area contributed by atoms with Crippen LogP contribution in [0.4, 0.5) is 0 Å². The quantitative estimate of drug-likeness (QED) is 0.423. The normalized spacial score (nSPS) is 11.4. The summed E-state index contributed by atoms with van der Waals surface area (Å²) in [6.07, 6.45) is 0. The van der Waals surface area contributed by atoms with Gasteiger partial charge in [-0.15, -0.1) is 10.2 Å². The lowest BCUT2D eigenvalue weighted by Gasteiger charge is -1.96. The molecule has 0 bridgehead atoms. The topological polar surface area (TPSA) is 52.1 Å². The van der Waals surface area contributed by atoms with Crippen molar-refractivity contribution in [1.29, 1.82) is 0 Å². The van der Waals surface area contributed by atoms with Crippen LogP contribution in [0.1, 0.15) is 5.56 Å². The second kappa shape index (κ2) is 5.31. The van der Waals surface area contributed by atoms with Crippen LogP contribution in [0.25, 0.3) is 44.8 Å². The summed E-state index contributed by atoms with van der Waals surface area (Å²) in [4.78, 5) is 0. The second-order valence-electron chi connectivity index (χ2n) is 6.09. The molecule has 0 unspecified atom stereocenters. The van der Waals surface area contributed by atoms with Crippen LogP contribution in [0, 0.1) is 6.92 Å². The molecular weight excluding hydrogens is 312 g/mol. The van der Waals surface area contributed by atoms with Gasteiger partial charge in [-0.1, -0.05) is 35.9 Å². The molecule has 4 nitrogen and oxygen atoms in total. The van der Waals surface area contributed by atoms with E-state index in [0.717, 1.165) is 33.1 Å². The van der Waals surface area contributed by atoms with E-state index in [1.807, 2.05) is 67.6 Å². The summed E-state index contributed by atoms with van der Waals surface area (Å²) < 4.78 is 11.8. The molecule has 120 valence electrons. The minimum Gasteiger partial charge on any atom is -0.456 e. The van der Waals surface area contributed by atoms with E-state index in [-0.39, 0.29) is 0 Å². The highest BCUT2D eigenvalue weighted by molar-refractivity contribution is 6.05. The zero-order valence-electron chi connectivity index (χ0n) is 13.6. The number of aromatic nitrogens is 2. The van der Waals surface area contributed by atoms with Crippen molar-refractivity contribution in [1.82, 2.24) is 10.2 Å². The summed E-state index contributed by atoms with van der Waals surface area (Å²) >= 11 is 0. The van der Waals surface area contributed by atoms with E-state index in [2.05, 4.69) is 16.3 Å². The van der Waals surface area contributed by atoms with Gasteiger partial charge in [-0.25, -0.2) is 0 Å². The Hall–Kier alpha value is -3.40. The van der Waals surface area contributed by atoms with Gasteiger partial charge >= 0.3 is 0 Å². The van der Waals surface area contributed by atoms with E-state index in [4.69, 9.17) is 8.83 Å². The fourth-order valence-electron chi connectivity index (χ4n) is 3.01. The SMILES string of the molecule is Cc1ccc(-c2nnc(-c3ccc4c(c3)oc3ccccc34)o2)cc1. The Morgan fingerprint density at radius 2 is 1.32 bits per heavy atom. The number of benzene rings is 3. The Kier molecular flexibility index (Phi) is 2.97. The Balaban J connectivity index is 1.59. The number of nitrogens with zero attached hydrogens (tertiary/aromatic N) is 2. The van der Waals surface area contributed by atoms with Gasteiger partial charge in [-0.3, -0.25) is 0 Å². The second-order valence-corrected chi connectivity index (χ2v) is 6.09. The third-order valence-corrected chi connectivity index (χ3v) is 4.35. The maximum atomic E-state index is 5.93. The molecule has 2 aromatic heterocycles. The van der Waals surface area contributed by atoms with Crippen molar-refractivity contribution in [3.63, 3.8) is 0 Å². The molecule has 5 rings (SSSR count). The molecule has 0 saturated heterocycles. The van der Waals surface area contributed by atoms with Crippen molar-refractivity contribution < 1.29 is 8.83 Å². The lowest BCUT2D eigenvalue weighted by molar-refractivity contribution is 0.584. The first-order valence-electron chi connectivity index (χ1n) is 8.10. The van der Waals surface area contributed by atoms with Crippen LogP contribution in [0.15, 0.2) is 75.6 Å². The molecular formula is C21H14N2O2. The first kappa shape index (κ1) is 14.0. The average molecular weight is 326 g/mol. The lowest BCUT2D eigenvalue weighted by atomic mass is 10.1. The van der Waals surface area contributed by atoms with Gasteiger partial charge in [-0.2, -0.15) is 0 Å². The Morgan fingerprint density at radius 1 is 0.640 bits per heavy atom. The third-order valence-electron chi connectivity index (χ3n) is 4.35. The lowest BCUT2D eigenvalue weighted by Crippen LogP contribution is -1.78. The van der Waals surface area contributed by atoms with Gasteiger partial charge in [0, 0.05) is 21.9 Å². The monoisotopic (exact) mass is 326 g/mol. The first-order valence-corrected chi connectivity index (χ1v) is 8.10. The van der Waals surface area contributed by atoms with E-state index in [1.165, 1.54) is 5.56 Å². The smallest absolute Gasteiger partial charge is 0.248 e. The third kappa shape index (κ3) is 2.31. The van der Waals surface area contributed by atoms with Crippen LogP contribution >= 0.6 is 0 Å². The Morgan fingerprint density at radius 3 is 2.16 bits per heavy atom. The van der Waals surface area contributed by atoms with Gasteiger partial charge in [0.25, 0.3) is 0 Å². The van der Waals surface area contributed by atoms with E-state index < -0.39 is 0 Å². The molecule has 4 heteroatoms. The van der Waals surface area contributed by atoms with Gasteiger partial charge in [0.2, 0.25) is 11.8 Å². The summed E-state index contributed by atoms with van der Waals surface area (Å²) in [6, 6.07) is 22.0. The summed E-state index contributed by atoms with van der Waals surface area (Å²) in [7, 11) is 0. The van der Waals surface area contributed by atoms with Crippen LogP contribution in [-0.4, -0.2) is 10.2 Å². The zero-order valence-corrected chi connectivity index (χ0v) is 13.6. The van der Waals surface area contributed by atoms with Gasteiger partial charge in [-0.05, 0) is 43.3 Å². The summed E-state index contributed by atoms with van der Waals surface area (Å²) in [5.74, 6) is 0.998. The van der Waals surface area contributed by atoms with Crippen molar-refractivity contribution in [3.05, 3.63) is 72.3 Å². The molecule has 3 aromatic carbocycles. The number of hydrogen-bond donors (Lipinski definition) is 0. The van der Waals surface area contributed by atoms with Gasteiger partial charge in [0.1, 0.15) is 11.2 Å². The Labute approximate surface area is 143 Å². The van der Waals surface area contributed by atoms with Crippen LogP contribution < -0.4 is 0 Å². The molecule has 0 N–H and O–H groups in total. The van der Waals surface area contributed by atoms with Crippen molar-refractivity contribution in [2.75, 3.05) is 0 Å². The molecule has 0 aliphatic rings. The largest absolute Gasteiger partial charge is 0.456 e. The maximum absolute atomic E-state index is 5.93. The minimum absolute atomic E-state index is 0.484. The van der Waals surface area contributed by atoms with Crippen LogP contribution in [0.3, 0.4) is 0 Å². The molecule has 5 aromatic rings. The highest BCUT2D eigenvalue weighted by Gasteiger charge is 2.13. The molecule has 0 radical (unpaired) electrons. The molecule has 0 aliphatic heterocycles. The highest BCUT2D eigenvalue weighted by atomic mass is 16.4. The summed E-state index contributed by atoms with van der Waals surface area (Å²) in [5, 5.41) is 10.5. The predicted molar refractivity (Wildman–Crippen MR) is 97.2 cm³/mol. The fraction of sp³-hybridized carbons (Fsp3) is 0.0476. The van der Waals surface area contributed by atoms with Gasteiger partial charge < -0.3 is 8.83 Å². The summed E-state index contributed by atoms with van der Waals surface area (Å²) in [6.45, 7) is 2.05. The molecule has 0 fully saturated rings. The first-order chi connectivity index (χ1) is 12.3. The van der Waals surface area contributed by atoms with E-state index >= 15 is 0 Å². The van der Waals surface area contributed by atoms with Crippen molar-refractivity contribution in [3.8, 4) is 22.9 Å². The molecule has 0 aliphatic carbocycles. The molecule has 0 amide bonds. The number of rotatable bonds is 2. The van der Waals surface area contributed by atoms with Crippen molar-refractivity contribution >= 4 is 21.9 Å². The standard InChI is InChI=1S/C21H14N2O2/c1-13-6-8-14(9-7-13)20-22-23-21(25-20)15-10-11-17-16-4-2-3-5-18(16)24-19(17)12-15/h2-12H,1H3. The molecule has 0 spiro atoms. The Bertz CT molecular complexity index is 1200.